The molecule has 0 saturated heterocycles. The largest absolute Gasteiger partial charge is 0.370 e. The summed E-state index contributed by atoms with van der Waals surface area (Å²) in [7, 11) is 0. The molecule has 1 rings (SSSR count). The summed E-state index contributed by atoms with van der Waals surface area (Å²) >= 11 is 0. The summed E-state index contributed by atoms with van der Waals surface area (Å²) in [5.41, 5.74) is 3.01. The molecule has 18 heavy (non-hydrogen) atoms. The summed E-state index contributed by atoms with van der Waals surface area (Å²) in [6, 6.07) is 8.47. The van der Waals surface area contributed by atoms with Crippen LogP contribution in [0.15, 0.2) is 18.2 Å². The Morgan fingerprint density at radius 2 is 1.67 bits per heavy atom. The first-order chi connectivity index (χ1) is 8.43. The van der Waals surface area contributed by atoms with Gasteiger partial charge in [-0.15, -0.1) is 0 Å². The average Bonchev–Trinajstić information content (AvgIpc) is 2.26. The molecule has 2 nitrogen and oxygen atoms in total. The summed E-state index contributed by atoms with van der Waals surface area (Å²) in [6.45, 7) is 12.9. The summed E-state index contributed by atoms with van der Waals surface area (Å²) < 4.78 is 0. The Morgan fingerprint density at radius 1 is 1.11 bits per heavy atom. The van der Waals surface area contributed by atoms with E-state index in [1.54, 1.807) is 0 Å². The molecule has 0 aliphatic heterocycles. The molecule has 0 unspecified atom stereocenters. The van der Waals surface area contributed by atoms with E-state index in [1.807, 2.05) is 13.0 Å². The molecule has 0 radical (unpaired) electrons. The zero-order chi connectivity index (χ0) is 13.7. The van der Waals surface area contributed by atoms with Crippen molar-refractivity contribution in [2.45, 2.75) is 34.6 Å². The minimum atomic E-state index is 0.594. The van der Waals surface area contributed by atoms with Gasteiger partial charge in [0.15, 0.2) is 0 Å². The predicted molar refractivity (Wildman–Crippen MR) is 77.8 cm³/mol. The lowest BCUT2D eigenvalue weighted by atomic mass is 10.1. The molecule has 0 atom stereocenters. The minimum absolute atomic E-state index is 0.594. The summed E-state index contributed by atoms with van der Waals surface area (Å²) in [5, 5.41) is 9.28. The molecule has 0 amide bonds. The second-order valence-electron chi connectivity index (χ2n) is 5.83. The lowest BCUT2D eigenvalue weighted by Crippen LogP contribution is -2.31. The van der Waals surface area contributed by atoms with Crippen LogP contribution < -0.4 is 4.90 Å². The average molecular weight is 244 g/mol. The van der Waals surface area contributed by atoms with Gasteiger partial charge in [-0.3, -0.25) is 0 Å². The van der Waals surface area contributed by atoms with E-state index in [2.05, 4.69) is 50.8 Å². The van der Waals surface area contributed by atoms with E-state index >= 15 is 0 Å². The van der Waals surface area contributed by atoms with Gasteiger partial charge in [-0.05, 0) is 36.5 Å². The molecular formula is C16H24N2. The Morgan fingerprint density at radius 3 is 2.11 bits per heavy atom. The van der Waals surface area contributed by atoms with E-state index in [1.165, 1.54) is 0 Å². The Labute approximate surface area is 111 Å². The van der Waals surface area contributed by atoms with Gasteiger partial charge in [0.25, 0.3) is 0 Å². The zero-order valence-electron chi connectivity index (χ0n) is 12.2. The number of rotatable bonds is 5. The van der Waals surface area contributed by atoms with E-state index in [0.717, 1.165) is 29.9 Å². The molecule has 0 N–H and O–H groups in total. The van der Waals surface area contributed by atoms with Gasteiger partial charge in [0.1, 0.15) is 6.07 Å². The highest BCUT2D eigenvalue weighted by Crippen LogP contribution is 2.23. The van der Waals surface area contributed by atoms with Crippen LogP contribution in [0.3, 0.4) is 0 Å². The van der Waals surface area contributed by atoms with Gasteiger partial charge in [-0.25, -0.2) is 0 Å². The fourth-order valence-corrected chi connectivity index (χ4v) is 2.17. The molecule has 0 aliphatic rings. The van der Waals surface area contributed by atoms with Crippen molar-refractivity contribution in [3.05, 3.63) is 29.3 Å². The topological polar surface area (TPSA) is 27.0 Å². The molecular weight excluding hydrogens is 220 g/mol. The maximum absolute atomic E-state index is 9.28. The van der Waals surface area contributed by atoms with Crippen molar-refractivity contribution in [3.8, 4) is 6.07 Å². The number of benzene rings is 1. The van der Waals surface area contributed by atoms with Crippen LogP contribution in [0.4, 0.5) is 5.69 Å². The van der Waals surface area contributed by atoms with E-state index < -0.39 is 0 Å². The summed E-state index contributed by atoms with van der Waals surface area (Å²) in [6.07, 6.45) is 0. The van der Waals surface area contributed by atoms with Crippen LogP contribution in [0, 0.1) is 30.1 Å². The Hall–Kier alpha value is -1.49. The first-order valence-corrected chi connectivity index (χ1v) is 6.69. The van der Waals surface area contributed by atoms with Crippen LogP contribution in [0.1, 0.15) is 38.8 Å². The van der Waals surface area contributed by atoms with E-state index in [9.17, 15) is 5.26 Å². The highest BCUT2D eigenvalue weighted by atomic mass is 15.1. The van der Waals surface area contributed by atoms with Crippen molar-refractivity contribution < 1.29 is 0 Å². The molecule has 0 aromatic heterocycles. The van der Waals surface area contributed by atoms with Gasteiger partial charge in [0, 0.05) is 13.1 Å². The molecule has 0 spiro atoms. The van der Waals surface area contributed by atoms with E-state index in [4.69, 9.17) is 0 Å². The van der Waals surface area contributed by atoms with Crippen molar-refractivity contribution in [2.75, 3.05) is 18.0 Å². The molecule has 2 heteroatoms. The van der Waals surface area contributed by atoms with E-state index in [0.29, 0.717) is 11.8 Å². The van der Waals surface area contributed by atoms with Crippen molar-refractivity contribution in [3.63, 3.8) is 0 Å². The van der Waals surface area contributed by atoms with Gasteiger partial charge in [-0.2, -0.15) is 5.26 Å². The number of nitriles is 1. The fourth-order valence-electron chi connectivity index (χ4n) is 2.17. The minimum Gasteiger partial charge on any atom is -0.370 e. The number of nitrogens with zero attached hydrogens (tertiary/aromatic N) is 2. The lowest BCUT2D eigenvalue weighted by Gasteiger charge is -2.29. The Kier molecular flexibility index (Phi) is 5.22. The van der Waals surface area contributed by atoms with Crippen molar-refractivity contribution in [1.29, 1.82) is 5.26 Å². The molecule has 0 saturated carbocycles. The van der Waals surface area contributed by atoms with Crippen LogP contribution in [0.2, 0.25) is 0 Å². The van der Waals surface area contributed by atoms with Crippen LogP contribution in [-0.4, -0.2) is 13.1 Å². The molecule has 1 aromatic rings. The van der Waals surface area contributed by atoms with Crippen LogP contribution in [0.25, 0.3) is 0 Å². The quantitative estimate of drug-likeness (QED) is 0.783. The third-order valence-electron chi connectivity index (χ3n) is 2.78. The predicted octanol–water partition coefficient (Wildman–Crippen LogP) is 3.99. The van der Waals surface area contributed by atoms with Crippen molar-refractivity contribution in [2.24, 2.45) is 11.8 Å². The summed E-state index contributed by atoms with van der Waals surface area (Å²) in [5.74, 6) is 1.19. The molecule has 1 aromatic carbocycles. The maximum atomic E-state index is 9.28. The first-order valence-electron chi connectivity index (χ1n) is 6.69. The lowest BCUT2D eigenvalue weighted by molar-refractivity contribution is 0.552. The Balaban J connectivity index is 3.08. The molecule has 0 heterocycles. The zero-order valence-corrected chi connectivity index (χ0v) is 12.2. The van der Waals surface area contributed by atoms with Gasteiger partial charge < -0.3 is 4.90 Å². The summed E-state index contributed by atoms with van der Waals surface area (Å²) in [4.78, 5) is 2.34. The van der Waals surface area contributed by atoms with Crippen LogP contribution >= 0.6 is 0 Å². The van der Waals surface area contributed by atoms with E-state index in [-0.39, 0.29) is 0 Å². The maximum Gasteiger partial charge on any atom is 0.101 e. The van der Waals surface area contributed by atoms with Gasteiger partial charge in [-0.1, -0.05) is 33.8 Å². The van der Waals surface area contributed by atoms with Crippen LogP contribution in [0.5, 0.6) is 0 Å². The normalized spacial score (nSPS) is 10.8. The van der Waals surface area contributed by atoms with Crippen LogP contribution in [-0.2, 0) is 0 Å². The first kappa shape index (κ1) is 14.6. The Bertz CT molecular complexity index is 417. The highest BCUT2D eigenvalue weighted by molar-refractivity contribution is 5.60. The second-order valence-corrected chi connectivity index (χ2v) is 5.83. The third-order valence-corrected chi connectivity index (χ3v) is 2.78. The standard InChI is InChI=1S/C16H24N2/c1-12(2)10-18(11-13(3)4)16-7-6-14(5)8-15(16)9-17/h6-8,12-13H,10-11H2,1-5H3. The molecule has 0 aliphatic carbocycles. The number of aryl methyl sites for hydroxylation is 1. The van der Waals surface area contributed by atoms with Crippen molar-refractivity contribution >= 4 is 5.69 Å². The second kappa shape index (κ2) is 6.44. The monoisotopic (exact) mass is 244 g/mol. The molecule has 0 bridgehead atoms. The van der Waals surface area contributed by atoms with Gasteiger partial charge in [0.05, 0.1) is 11.3 Å². The number of hydrogen-bond donors (Lipinski definition) is 0. The SMILES string of the molecule is Cc1ccc(N(CC(C)C)CC(C)C)c(C#N)c1. The van der Waals surface area contributed by atoms with Gasteiger partial charge in [0.2, 0.25) is 0 Å². The van der Waals surface area contributed by atoms with Gasteiger partial charge >= 0.3 is 0 Å². The smallest absolute Gasteiger partial charge is 0.101 e. The highest BCUT2D eigenvalue weighted by Gasteiger charge is 2.14. The fraction of sp³-hybridized carbons (Fsp3) is 0.562. The molecule has 98 valence electrons. The van der Waals surface area contributed by atoms with Crippen molar-refractivity contribution in [1.82, 2.24) is 0 Å². The third kappa shape index (κ3) is 4.07. The molecule has 0 fully saturated rings. The number of anilines is 1. The number of hydrogen-bond acceptors (Lipinski definition) is 2.